The van der Waals surface area contributed by atoms with Crippen molar-refractivity contribution in [1.82, 2.24) is 5.32 Å². The van der Waals surface area contributed by atoms with Gasteiger partial charge in [0.05, 0.1) is 6.10 Å². The molecule has 2 N–H and O–H groups in total. The smallest absolute Gasteiger partial charge is 0.0636 e. The summed E-state index contributed by atoms with van der Waals surface area (Å²) < 4.78 is 0. The van der Waals surface area contributed by atoms with Gasteiger partial charge in [-0.3, -0.25) is 0 Å². The van der Waals surface area contributed by atoms with E-state index in [4.69, 9.17) is 5.11 Å². The Bertz CT molecular complexity index is 284. The van der Waals surface area contributed by atoms with Crippen LogP contribution in [-0.2, 0) is 0 Å². The molecule has 14 heavy (non-hydrogen) atoms. The van der Waals surface area contributed by atoms with Crippen molar-refractivity contribution in [3.63, 3.8) is 0 Å². The van der Waals surface area contributed by atoms with Gasteiger partial charge in [-0.1, -0.05) is 30.3 Å². The molecular formula is C12H17NO. The van der Waals surface area contributed by atoms with Crippen molar-refractivity contribution in [2.75, 3.05) is 6.54 Å². The monoisotopic (exact) mass is 191 g/mol. The first-order valence-electron chi connectivity index (χ1n) is 5.24. The number of benzene rings is 1. The first-order valence-corrected chi connectivity index (χ1v) is 5.24. The second-order valence-corrected chi connectivity index (χ2v) is 4.12. The Morgan fingerprint density at radius 1 is 1.43 bits per heavy atom. The minimum absolute atomic E-state index is 0.243. The van der Waals surface area contributed by atoms with Crippen LogP contribution in [-0.4, -0.2) is 23.8 Å². The van der Waals surface area contributed by atoms with Crippen LogP contribution in [0.1, 0.15) is 24.8 Å². The normalized spacial score (nSPS) is 27.3. The van der Waals surface area contributed by atoms with E-state index in [1.165, 1.54) is 12.0 Å². The summed E-state index contributed by atoms with van der Waals surface area (Å²) in [6.07, 6.45) is 0.962. The second kappa shape index (κ2) is 4.11. The minimum Gasteiger partial charge on any atom is -0.392 e. The van der Waals surface area contributed by atoms with Gasteiger partial charge in [-0.25, -0.2) is 0 Å². The van der Waals surface area contributed by atoms with E-state index < -0.39 is 0 Å². The van der Waals surface area contributed by atoms with Crippen LogP contribution in [0.5, 0.6) is 0 Å². The highest BCUT2D eigenvalue weighted by Gasteiger charge is 2.37. The Morgan fingerprint density at radius 2 is 2.14 bits per heavy atom. The highest BCUT2D eigenvalue weighted by molar-refractivity contribution is 5.27. The zero-order chi connectivity index (χ0) is 9.97. The van der Waals surface area contributed by atoms with Gasteiger partial charge in [-0.15, -0.1) is 0 Å². The van der Waals surface area contributed by atoms with E-state index in [-0.39, 0.29) is 6.10 Å². The maximum Gasteiger partial charge on any atom is 0.0636 e. The Labute approximate surface area is 85.0 Å². The third kappa shape index (κ3) is 2.34. The van der Waals surface area contributed by atoms with Crippen molar-refractivity contribution < 1.29 is 5.11 Å². The molecule has 2 unspecified atom stereocenters. The van der Waals surface area contributed by atoms with Gasteiger partial charge in [0.25, 0.3) is 0 Å². The molecule has 1 aliphatic rings. The quantitative estimate of drug-likeness (QED) is 0.756. The zero-order valence-corrected chi connectivity index (χ0v) is 8.48. The van der Waals surface area contributed by atoms with E-state index in [9.17, 15) is 0 Å². The minimum atomic E-state index is -0.243. The summed E-state index contributed by atoms with van der Waals surface area (Å²) in [4.78, 5) is 0. The summed E-state index contributed by atoms with van der Waals surface area (Å²) in [5.41, 5.74) is 1.41. The maximum absolute atomic E-state index is 9.12. The predicted molar refractivity (Wildman–Crippen MR) is 57.3 cm³/mol. The highest BCUT2D eigenvalue weighted by Crippen LogP contribution is 2.40. The van der Waals surface area contributed by atoms with Crippen LogP contribution >= 0.6 is 0 Å². The fourth-order valence-corrected chi connectivity index (χ4v) is 1.81. The van der Waals surface area contributed by atoms with Gasteiger partial charge in [0.2, 0.25) is 0 Å². The third-order valence-corrected chi connectivity index (χ3v) is 2.69. The number of aliphatic hydroxyl groups excluding tert-OH is 1. The number of hydrogen-bond acceptors (Lipinski definition) is 2. The molecule has 76 valence electrons. The summed E-state index contributed by atoms with van der Waals surface area (Å²) in [5.74, 6) is 0.662. The molecule has 2 nitrogen and oxygen atoms in total. The number of aliphatic hydroxyl groups is 1. The number of hydrogen-bond donors (Lipinski definition) is 2. The first-order chi connectivity index (χ1) is 6.77. The largest absolute Gasteiger partial charge is 0.392 e. The zero-order valence-electron chi connectivity index (χ0n) is 8.48. The van der Waals surface area contributed by atoms with Crippen LogP contribution < -0.4 is 5.32 Å². The molecule has 0 saturated heterocycles. The van der Waals surface area contributed by atoms with Gasteiger partial charge in [0.1, 0.15) is 0 Å². The molecule has 1 aliphatic carbocycles. The molecular weight excluding hydrogens is 174 g/mol. The van der Waals surface area contributed by atoms with Crippen molar-refractivity contribution in [3.8, 4) is 0 Å². The Morgan fingerprint density at radius 3 is 2.79 bits per heavy atom. The topological polar surface area (TPSA) is 32.3 Å². The van der Waals surface area contributed by atoms with Gasteiger partial charge < -0.3 is 10.4 Å². The lowest BCUT2D eigenvalue weighted by Gasteiger charge is -2.06. The van der Waals surface area contributed by atoms with E-state index in [0.29, 0.717) is 18.5 Å². The molecule has 1 saturated carbocycles. The summed E-state index contributed by atoms with van der Waals surface area (Å²) in [6, 6.07) is 11.1. The number of nitrogens with one attached hydrogen (secondary N) is 1. The molecule has 3 atom stereocenters. The van der Waals surface area contributed by atoms with Gasteiger partial charge in [0, 0.05) is 18.5 Å². The Kier molecular flexibility index (Phi) is 2.85. The van der Waals surface area contributed by atoms with Crippen molar-refractivity contribution in [3.05, 3.63) is 35.9 Å². The maximum atomic E-state index is 9.12. The van der Waals surface area contributed by atoms with Crippen molar-refractivity contribution in [2.45, 2.75) is 31.4 Å². The molecule has 0 spiro atoms. The van der Waals surface area contributed by atoms with Gasteiger partial charge in [0.15, 0.2) is 0 Å². The molecule has 1 aromatic rings. The molecule has 1 fully saturated rings. The third-order valence-electron chi connectivity index (χ3n) is 2.69. The molecule has 0 radical (unpaired) electrons. The standard InChI is InChI=1S/C12H17NO/c1-9(14)8-13-12-7-11(12)10-5-3-2-4-6-10/h2-6,9,11-14H,7-8H2,1H3/t9-,11?,12?/m0/s1. The molecule has 0 aromatic heterocycles. The summed E-state index contributed by atoms with van der Waals surface area (Å²) in [7, 11) is 0. The van der Waals surface area contributed by atoms with E-state index in [1.54, 1.807) is 0 Å². The van der Waals surface area contributed by atoms with E-state index in [1.807, 2.05) is 13.0 Å². The number of rotatable bonds is 4. The summed E-state index contributed by atoms with van der Waals surface area (Å²) >= 11 is 0. The molecule has 0 aliphatic heterocycles. The average Bonchev–Trinajstić information content (AvgIpc) is 2.95. The lowest BCUT2D eigenvalue weighted by atomic mass is 10.1. The SMILES string of the molecule is C[C@H](O)CNC1CC1c1ccccc1. The van der Waals surface area contributed by atoms with Gasteiger partial charge in [-0.05, 0) is 18.9 Å². The van der Waals surface area contributed by atoms with Gasteiger partial charge in [-0.2, -0.15) is 0 Å². The predicted octanol–water partition coefficient (Wildman–Crippen LogP) is 1.51. The van der Waals surface area contributed by atoms with Crippen LogP contribution in [0.3, 0.4) is 0 Å². The van der Waals surface area contributed by atoms with E-state index in [0.717, 1.165) is 0 Å². The molecule has 2 heteroatoms. The average molecular weight is 191 g/mol. The van der Waals surface area contributed by atoms with E-state index in [2.05, 4.69) is 29.6 Å². The van der Waals surface area contributed by atoms with Crippen molar-refractivity contribution >= 4 is 0 Å². The lowest BCUT2D eigenvalue weighted by molar-refractivity contribution is 0.190. The Balaban J connectivity index is 1.82. The van der Waals surface area contributed by atoms with Crippen LogP contribution in [0.4, 0.5) is 0 Å². The molecule has 0 heterocycles. The van der Waals surface area contributed by atoms with E-state index >= 15 is 0 Å². The highest BCUT2D eigenvalue weighted by atomic mass is 16.3. The van der Waals surface area contributed by atoms with Crippen LogP contribution in [0.15, 0.2) is 30.3 Å². The Hall–Kier alpha value is -0.860. The van der Waals surface area contributed by atoms with Crippen LogP contribution in [0, 0.1) is 0 Å². The first kappa shape index (κ1) is 9.69. The second-order valence-electron chi connectivity index (χ2n) is 4.12. The summed E-state index contributed by atoms with van der Waals surface area (Å²) in [5, 5.41) is 12.5. The molecule has 0 amide bonds. The molecule has 0 bridgehead atoms. The fourth-order valence-electron chi connectivity index (χ4n) is 1.81. The van der Waals surface area contributed by atoms with Crippen LogP contribution in [0.2, 0.25) is 0 Å². The fraction of sp³-hybridized carbons (Fsp3) is 0.500. The molecule has 1 aromatic carbocycles. The molecule has 2 rings (SSSR count). The van der Waals surface area contributed by atoms with Crippen molar-refractivity contribution in [1.29, 1.82) is 0 Å². The summed E-state index contributed by atoms with van der Waals surface area (Å²) in [6.45, 7) is 2.51. The van der Waals surface area contributed by atoms with Crippen molar-refractivity contribution in [2.24, 2.45) is 0 Å². The van der Waals surface area contributed by atoms with Gasteiger partial charge >= 0.3 is 0 Å². The lowest BCUT2D eigenvalue weighted by Crippen LogP contribution is -2.27. The van der Waals surface area contributed by atoms with Crippen LogP contribution in [0.25, 0.3) is 0 Å².